The number of nitrogens with zero attached hydrogens (tertiary/aromatic N) is 2. The van der Waals surface area contributed by atoms with Crippen molar-refractivity contribution in [1.29, 1.82) is 0 Å². The second-order valence-electron chi connectivity index (χ2n) is 6.46. The Morgan fingerprint density at radius 3 is 2.62 bits per heavy atom. The molecule has 5 nitrogen and oxygen atoms in total. The first-order valence-electron chi connectivity index (χ1n) is 8.33. The molecule has 0 aromatic heterocycles. The summed E-state index contributed by atoms with van der Waals surface area (Å²) >= 11 is 0. The molecule has 124 valence electrons. The van der Waals surface area contributed by atoms with Crippen LogP contribution in [0.4, 0.5) is 4.79 Å². The molecule has 21 heavy (non-hydrogen) atoms. The first-order chi connectivity index (χ1) is 9.95. The molecule has 0 aliphatic heterocycles. The van der Waals surface area contributed by atoms with Gasteiger partial charge in [-0.25, -0.2) is 4.79 Å². The summed E-state index contributed by atoms with van der Waals surface area (Å²) < 4.78 is 0. The van der Waals surface area contributed by atoms with Crippen molar-refractivity contribution in [3.63, 3.8) is 0 Å². The lowest BCUT2D eigenvalue weighted by Crippen LogP contribution is -2.45. The van der Waals surface area contributed by atoms with E-state index in [1.165, 1.54) is 0 Å². The number of nitrogens with one attached hydrogen (secondary N) is 1. The first-order valence-corrected chi connectivity index (χ1v) is 8.33. The minimum Gasteiger partial charge on any atom is -0.393 e. The Kier molecular flexibility index (Phi) is 8.04. The lowest BCUT2D eigenvalue weighted by atomic mass is 9.86. The number of carbonyl (C=O) groups excluding carboxylic acids is 1. The van der Waals surface area contributed by atoms with Crippen molar-refractivity contribution in [2.24, 2.45) is 5.92 Å². The lowest BCUT2D eigenvalue weighted by molar-refractivity contribution is 0.0564. The predicted octanol–water partition coefficient (Wildman–Crippen LogP) is 1.91. The van der Waals surface area contributed by atoms with E-state index in [4.69, 9.17) is 0 Å². The number of hydrogen-bond acceptors (Lipinski definition) is 3. The minimum atomic E-state index is -0.245. The summed E-state index contributed by atoms with van der Waals surface area (Å²) in [4.78, 5) is 16.0. The summed E-state index contributed by atoms with van der Waals surface area (Å²) in [5, 5.41) is 12.9. The van der Waals surface area contributed by atoms with Crippen LogP contribution < -0.4 is 5.32 Å². The molecular formula is C16H33N3O2. The number of amides is 2. The summed E-state index contributed by atoms with van der Waals surface area (Å²) in [5.74, 6) is 0.234. The number of hydrogen-bond donors (Lipinski definition) is 2. The number of aliphatic hydroxyl groups excluding tert-OH is 1. The highest BCUT2D eigenvalue weighted by molar-refractivity contribution is 5.73. The molecule has 0 aromatic carbocycles. The highest BCUT2D eigenvalue weighted by Crippen LogP contribution is 2.24. The van der Waals surface area contributed by atoms with Crippen molar-refractivity contribution >= 4 is 6.03 Å². The molecule has 0 aromatic rings. The Morgan fingerprint density at radius 2 is 2.00 bits per heavy atom. The van der Waals surface area contributed by atoms with Gasteiger partial charge in [0.25, 0.3) is 0 Å². The van der Waals surface area contributed by atoms with Gasteiger partial charge in [0, 0.05) is 38.6 Å². The molecule has 1 saturated carbocycles. The van der Waals surface area contributed by atoms with Crippen LogP contribution in [0.15, 0.2) is 0 Å². The van der Waals surface area contributed by atoms with Gasteiger partial charge in [-0.3, -0.25) is 0 Å². The molecule has 0 bridgehead atoms. The van der Waals surface area contributed by atoms with Gasteiger partial charge in [0.2, 0.25) is 0 Å². The average molecular weight is 299 g/mol. The van der Waals surface area contributed by atoms with Gasteiger partial charge in [-0.05, 0) is 33.2 Å². The lowest BCUT2D eigenvalue weighted by Gasteiger charge is -2.31. The maximum atomic E-state index is 12.1. The summed E-state index contributed by atoms with van der Waals surface area (Å²) in [6, 6.07) is 0.502. The van der Waals surface area contributed by atoms with Crippen LogP contribution in [0.2, 0.25) is 0 Å². The van der Waals surface area contributed by atoms with Gasteiger partial charge >= 0.3 is 6.03 Å². The number of aliphatic hydroxyl groups is 1. The number of carbonyl (C=O) groups is 1. The van der Waals surface area contributed by atoms with Crippen molar-refractivity contribution in [2.45, 2.75) is 58.1 Å². The van der Waals surface area contributed by atoms with Crippen LogP contribution in [0, 0.1) is 5.92 Å². The molecule has 1 rings (SSSR count). The van der Waals surface area contributed by atoms with E-state index in [-0.39, 0.29) is 18.1 Å². The number of likely N-dealkylation sites (N-methyl/N-ethyl adjacent to an activating group) is 1. The summed E-state index contributed by atoms with van der Waals surface area (Å²) in [5.41, 5.74) is 0. The maximum Gasteiger partial charge on any atom is 0.317 e. The van der Waals surface area contributed by atoms with E-state index in [0.717, 1.165) is 38.6 Å². The van der Waals surface area contributed by atoms with Gasteiger partial charge in [-0.15, -0.1) is 0 Å². The fraction of sp³-hybridized carbons (Fsp3) is 0.938. The first kappa shape index (κ1) is 18.2. The van der Waals surface area contributed by atoms with Gasteiger partial charge in [-0.1, -0.05) is 19.8 Å². The van der Waals surface area contributed by atoms with E-state index in [1.54, 1.807) is 4.90 Å². The van der Waals surface area contributed by atoms with Crippen LogP contribution >= 0.6 is 0 Å². The van der Waals surface area contributed by atoms with Crippen molar-refractivity contribution < 1.29 is 9.90 Å². The molecule has 2 N–H and O–H groups in total. The van der Waals surface area contributed by atoms with Crippen molar-refractivity contribution in [3.8, 4) is 0 Å². The van der Waals surface area contributed by atoms with E-state index in [2.05, 4.69) is 31.1 Å². The second kappa shape index (κ2) is 9.26. The van der Waals surface area contributed by atoms with E-state index in [1.807, 2.05) is 7.05 Å². The predicted molar refractivity (Wildman–Crippen MR) is 86.4 cm³/mol. The van der Waals surface area contributed by atoms with Gasteiger partial charge in [0.05, 0.1) is 6.10 Å². The van der Waals surface area contributed by atoms with Crippen LogP contribution in [-0.4, -0.2) is 66.8 Å². The quantitative estimate of drug-likeness (QED) is 0.755. The Bertz CT molecular complexity index is 312. The van der Waals surface area contributed by atoms with E-state index >= 15 is 0 Å². The molecule has 0 heterocycles. The zero-order valence-electron chi connectivity index (χ0n) is 14.1. The monoisotopic (exact) mass is 299 g/mol. The second-order valence-corrected chi connectivity index (χ2v) is 6.46. The Labute approximate surface area is 129 Å². The molecular weight excluding hydrogens is 266 g/mol. The third-order valence-electron chi connectivity index (χ3n) is 4.81. The van der Waals surface area contributed by atoms with Gasteiger partial charge in [0.1, 0.15) is 0 Å². The van der Waals surface area contributed by atoms with Crippen molar-refractivity contribution in [2.75, 3.05) is 33.7 Å². The SMILES string of the molecule is CCC(C)N(C)CCNC(=O)N(C)CC1CCCCC1O. The fourth-order valence-corrected chi connectivity index (χ4v) is 2.84. The molecule has 5 heteroatoms. The highest BCUT2D eigenvalue weighted by Gasteiger charge is 2.25. The van der Waals surface area contributed by atoms with Crippen molar-refractivity contribution in [1.82, 2.24) is 15.1 Å². The van der Waals surface area contributed by atoms with Crippen LogP contribution in [0.3, 0.4) is 0 Å². The molecule has 2 amide bonds. The zero-order valence-corrected chi connectivity index (χ0v) is 14.1. The van der Waals surface area contributed by atoms with Crippen molar-refractivity contribution in [3.05, 3.63) is 0 Å². The Balaban J connectivity index is 2.24. The third-order valence-corrected chi connectivity index (χ3v) is 4.81. The Morgan fingerprint density at radius 1 is 1.33 bits per heavy atom. The number of urea groups is 1. The summed E-state index contributed by atoms with van der Waals surface area (Å²) in [7, 11) is 3.90. The van der Waals surface area contributed by atoms with Gasteiger partial charge in [-0.2, -0.15) is 0 Å². The average Bonchev–Trinajstić information content (AvgIpc) is 2.48. The minimum absolute atomic E-state index is 0.0367. The van der Waals surface area contributed by atoms with E-state index in [0.29, 0.717) is 19.1 Å². The van der Waals surface area contributed by atoms with E-state index in [9.17, 15) is 9.90 Å². The van der Waals surface area contributed by atoms with Crippen LogP contribution in [0.1, 0.15) is 46.0 Å². The molecule has 3 atom stereocenters. The summed E-state index contributed by atoms with van der Waals surface area (Å²) in [6.07, 6.45) is 5.04. The van der Waals surface area contributed by atoms with Gasteiger partial charge < -0.3 is 20.2 Å². The zero-order chi connectivity index (χ0) is 15.8. The number of rotatable bonds is 7. The standard InChI is InChI=1S/C16H33N3O2/c1-5-13(2)18(3)11-10-17-16(21)19(4)12-14-8-6-7-9-15(14)20/h13-15,20H,5-12H2,1-4H3,(H,17,21). The van der Waals surface area contributed by atoms with Crippen LogP contribution in [0.25, 0.3) is 0 Å². The van der Waals surface area contributed by atoms with Gasteiger partial charge in [0.15, 0.2) is 0 Å². The molecule has 3 unspecified atom stereocenters. The molecule has 1 fully saturated rings. The molecule has 0 saturated heterocycles. The molecule has 1 aliphatic rings. The van der Waals surface area contributed by atoms with E-state index < -0.39 is 0 Å². The highest BCUT2D eigenvalue weighted by atomic mass is 16.3. The van der Waals surface area contributed by atoms with Crippen LogP contribution in [-0.2, 0) is 0 Å². The molecule has 1 aliphatic carbocycles. The largest absolute Gasteiger partial charge is 0.393 e. The maximum absolute atomic E-state index is 12.1. The third kappa shape index (κ3) is 6.22. The Hall–Kier alpha value is -0.810. The van der Waals surface area contributed by atoms with Crippen LogP contribution in [0.5, 0.6) is 0 Å². The molecule has 0 spiro atoms. The fourth-order valence-electron chi connectivity index (χ4n) is 2.84. The normalized spacial score (nSPS) is 23.9. The summed E-state index contributed by atoms with van der Waals surface area (Å²) in [6.45, 7) is 6.54. The molecule has 0 radical (unpaired) electrons. The smallest absolute Gasteiger partial charge is 0.317 e. The topological polar surface area (TPSA) is 55.8 Å².